The van der Waals surface area contributed by atoms with Gasteiger partial charge in [-0.05, 0) is 41.9 Å². The zero-order valence-corrected chi connectivity index (χ0v) is 12.0. The molecule has 0 fully saturated rings. The molecule has 4 nitrogen and oxygen atoms in total. The zero-order chi connectivity index (χ0) is 13.0. The second kappa shape index (κ2) is 5.82. The van der Waals surface area contributed by atoms with E-state index < -0.39 is 0 Å². The van der Waals surface area contributed by atoms with Crippen molar-refractivity contribution in [3.8, 4) is 0 Å². The first-order valence-corrected chi connectivity index (χ1v) is 6.59. The molecule has 1 aromatic heterocycles. The quantitative estimate of drug-likeness (QED) is 0.904. The molecule has 0 saturated heterocycles. The lowest BCUT2D eigenvalue weighted by molar-refractivity contribution is 1.07. The molecule has 0 unspecified atom stereocenters. The molecule has 0 spiro atoms. The second-order valence-electron chi connectivity index (χ2n) is 3.86. The Morgan fingerprint density at radius 2 is 2.06 bits per heavy atom. The lowest BCUT2D eigenvalue weighted by Gasteiger charge is -2.11. The highest BCUT2D eigenvalue weighted by Gasteiger charge is 2.05. The Morgan fingerprint density at radius 3 is 2.78 bits per heavy atom. The van der Waals surface area contributed by atoms with E-state index in [1.807, 2.05) is 44.3 Å². The van der Waals surface area contributed by atoms with Crippen LogP contribution in [-0.2, 0) is 0 Å². The molecule has 0 radical (unpaired) electrons. The number of nitrogens with one attached hydrogen (secondary N) is 2. The molecule has 0 amide bonds. The molecule has 2 N–H and O–H groups in total. The third-order valence-corrected chi connectivity index (χ3v) is 3.13. The van der Waals surface area contributed by atoms with E-state index >= 15 is 0 Å². The summed E-state index contributed by atoms with van der Waals surface area (Å²) in [6.07, 6.45) is 1.81. The molecule has 0 bridgehead atoms. The number of hydrogen-bond donors (Lipinski definition) is 2. The van der Waals surface area contributed by atoms with Crippen LogP contribution in [0.4, 0.5) is 17.5 Å². The Kier molecular flexibility index (Phi) is 4.15. The lowest BCUT2D eigenvalue weighted by atomic mass is 10.3. The van der Waals surface area contributed by atoms with E-state index in [0.29, 0.717) is 5.95 Å². The summed E-state index contributed by atoms with van der Waals surface area (Å²) in [5.41, 5.74) is 1.99. The van der Waals surface area contributed by atoms with Crippen molar-refractivity contribution in [1.82, 2.24) is 9.97 Å². The molecule has 0 aliphatic heterocycles. The van der Waals surface area contributed by atoms with Gasteiger partial charge in [0.2, 0.25) is 5.95 Å². The fourth-order valence-corrected chi connectivity index (χ4v) is 1.89. The average Bonchev–Trinajstić information content (AvgIpc) is 2.36. The van der Waals surface area contributed by atoms with Gasteiger partial charge in [0.1, 0.15) is 5.82 Å². The summed E-state index contributed by atoms with van der Waals surface area (Å²) in [6, 6.07) is 7.95. The van der Waals surface area contributed by atoms with Crippen LogP contribution in [0.1, 0.15) is 12.5 Å². The van der Waals surface area contributed by atoms with Crippen molar-refractivity contribution in [3.63, 3.8) is 0 Å². The number of aryl methyl sites for hydroxylation is 1. The SMILES string of the molecule is CCNc1ncc(C)c(Nc2ccccc2Br)n1. The molecule has 18 heavy (non-hydrogen) atoms. The Morgan fingerprint density at radius 1 is 1.28 bits per heavy atom. The van der Waals surface area contributed by atoms with Crippen LogP contribution in [-0.4, -0.2) is 16.5 Å². The molecule has 0 atom stereocenters. The normalized spacial score (nSPS) is 10.2. The minimum Gasteiger partial charge on any atom is -0.354 e. The van der Waals surface area contributed by atoms with E-state index in [2.05, 4.69) is 36.5 Å². The van der Waals surface area contributed by atoms with Gasteiger partial charge in [0.25, 0.3) is 0 Å². The van der Waals surface area contributed by atoms with E-state index in [4.69, 9.17) is 0 Å². The highest BCUT2D eigenvalue weighted by molar-refractivity contribution is 9.10. The van der Waals surface area contributed by atoms with Crippen LogP contribution in [0.25, 0.3) is 0 Å². The van der Waals surface area contributed by atoms with Crippen molar-refractivity contribution in [2.75, 3.05) is 17.2 Å². The van der Waals surface area contributed by atoms with E-state index in [9.17, 15) is 0 Å². The summed E-state index contributed by atoms with van der Waals surface area (Å²) in [7, 11) is 0. The molecule has 2 rings (SSSR count). The van der Waals surface area contributed by atoms with Gasteiger partial charge in [-0.3, -0.25) is 0 Å². The standard InChI is InChI=1S/C13H15BrN4/c1-3-15-13-16-8-9(2)12(18-13)17-11-7-5-4-6-10(11)14/h4-8H,3H2,1-2H3,(H2,15,16,17,18). The number of benzene rings is 1. The maximum atomic E-state index is 4.44. The molecule has 2 aromatic rings. The van der Waals surface area contributed by atoms with Gasteiger partial charge < -0.3 is 10.6 Å². The molecule has 1 aromatic carbocycles. The Balaban J connectivity index is 2.28. The topological polar surface area (TPSA) is 49.8 Å². The van der Waals surface area contributed by atoms with E-state index in [-0.39, 0.29) is 0 Å². The van der Waals surface area contributed by atoms with Crippen LogP contribution in [0, 0.1) is 6.92 Å². The van der Waals surface area contributed by atoms with Crippen LogP contribution in [0.2, 0.25) is 0 Å². The fourth-order valence-electron chi connectivity index (χ4n) is 1.50. The molecule has 1 heterocycles. The monoisotopic (exact) mass is 306 g/mol. The van der Waals surface area contributed by atoms with E-state index in [1.165, 1.54) is 0 Å². The number of rotatable bonds is 4. The second-order valence-corrected chi connectivity index (χ2v) is 4.71. The number of para-hydroxylation sites is 1. The minimum absolute atomic E-state index is 0.637. The van der Waals surface area contributed by atoms with Gasteiger partial charge in [0, 0.05) is 22.8 Å². The third-order valence-electron chi connectivity index (χ3n) is 2.43. The lowest BCUT2D eigenvalue weighted by Crippen LogP contribution is -2.05. The van der Waals surface area contributed by atoms with Crippen molar-refractivity contribution in [2.45, 2.75) is 13.8 Å². The summed E-state index contributed by atoms with van der Waals surface area (Å²) < 4.78 is 1.01. The summed E-state index contributed by atoms with van der Waals surface area (Å²) in [5.74, 6) is 1.45. The van der Waals surface area contributed by atoms with Gasteiger partial charge in [0.15, 0.2) is 0 Å². The predicted octanol–water partition coefficient (Wildman–Crippen LogP) is 3.72. The van der Waals surface area contributed by atoms with Crippen molar-refractivity contribution in [3.05, 3.63) is 40.5 Å². The van der Waals surface area contributed by atoms with Crippen molar-refractivity contribution in [2.24, 2.45) is 0 Å². The summed E-state index contributed by atoms with van der Waals surface area (Å²) in [6.45, 7) is 4.80. The molecule has 5 heteroatoms. The Hall–Kier alpha value is -1.62. The first-order chi connectivity index (χ1) is 8.70. The van der Waals surface area contributed by atoms with Gasteiger partial charge in [-0.25, -0.2) is 4.98 Å². The largest absolute Gasteiger partial charge is 0.354 e. The highest BCUT2D eigenvalue weighted by atomic mass is 79.9. The molecular weight excluding hydrogens is 292 g/mol. The first kappa shape index (κ1) is 12.8. The van der Waals surface area contributed by atoms with Gasteiger partial charge >= 0.3 is 0 Å². The van der Waals surface area contributed by atoms with Crippen LogP contribution in [0.3, 0.4) is 0 Å². The number of anilines is 3. The Labute approximate surface area is 115 Å². The number of hydrogen-bond acceptors (Lipinski definition) is 4. The van der Waals surface area contributed by atoms with Gasteiger partial charge in [-0.1, -0.05) is 12.1 Å². The first-order valence-electron chi connectivity index (χ1n) is 5.79. The third kappa shape index (κ3) is 2.98. The van der Waals surface area contributed by atoms with E-state index in [0.717, 1.165) is 28.1 Å². The van der Waals surface area contributed by atoms with Gasteiger partial charge in [0.05, 0.1) is 5.69 Å². The van der Waals surface area contributed by atoms with Crippen LogP contribution < -0.4 is 10.6 Å². The smallest absolute Gasteiger partial charge is 0.224 e. The average molecular weight is 307 g/mol. The number of halogens is 1. The summed E-state index contributed by atoms with van der Waals surface area (Å²) in [4.78, 5) is 8.66. The minimum atomic E-state index is 0.637. The summed E-state index contributed by atoms with van der Waals surface area (Å²) in [5, 5.41) is 6.40. The van der Waals surface area contributed by atoms with Crippen LogP contribution >= 0.6 is 15.9 Å². The zero-order valence-electron chi connectivity index (χ0n) is 10.4. The summed E-state index contributed by atoms with van der Waals surface area (Å²) >= 11 is 3.51. The maximum Gasteiger partial charge on any atom is 0.224 e. The van der Waals surface area contributed by atoms with Crippen molar-refractivity contribution < 1.29 is 0 Å². The fraction of sp³-hybridized carbons (Fsp3) is 0.231. The van der Waals surface area contributed by atoms with Crippen LogP contribution in [0.15, 0.2) is 34.9 Å². The van der Waals surface area contributed by atoms with Crippen molar-refractivity contribution >= 4 is 33.4 Å². The highest BCUT2D eigenvalue weighted by Crippen LogP contribution is 2.26. The number of aromatic nitrogens is 2. The molecule has 94 valence electrons. The maximum absolute atomic E-state index is 4.44. The number of nitrogens with zero attached hydrogens (tertiary/aromatic N) is 2. The van der Waals surface area contributed by atoms with Crippen LogP contribution in [0.5, 0.6) is 0 Å². The van der Waals surface area contributed by atoms with Gasteiger partial charge in [-0.15, -0.1) is 0 Å². The molecular formula is C13H15BrN4. The molecule has 0 saturated carbocycles. The van der Waals surface area contributed by atoms with Gasteiger partial charge in [-0.2, -0.15) is 4.98 Å². The molecule has 0 aliphatic rings. The van der Waals surface area contributed by atoms with Crippen molar-refractivity contribution in [1.29, 1.82) is 0 Å². The van der Waals surface area contributed by atoms with E-state index in [1.54, 1.807) is 0 Å². The predicted molar refractivity (Wildman–Crippen MR) is 78.4 cm³/mol. The molecule has 0 aliphatic carbocycles. The Bertz CT molecular complexity index is 542.